The zero-order chi connectivity index (χ0) is 31.5. The van der Waals surface area contributed by atoms with Crippen LogP contribution >= 0.6 is 55.1 Å². The molecule has 240 valence electrons. The lowest BCUT2D eigenvalue weighted by atomic mass is 9.79. The summed E-state index contributed by atoms with van der Waals surface area (Å²) < 4.78 is 11.6. The molecule has 2 atom stereocenters. The van der Waals surface area contributed by atoms with E-state index in [1.807, 2.05) is 62.4 Å². The number of halogens is 4. The Kier molecular flexibility index (Phi) is 18.7. The van der Waals surface area contributed by atoms with E-state index in [2.05, 4.69) is 42.5 Å². The SMILES string of the molecule is CCC(CC)(C(=O)N[C@H](CCl)Cc1ccc(OCCCCBr)cc1)C(=O)N[C@H](CCl)Cc1ccc(OCCCCBr)cc1. The minimum atomic E-state index is -1.23. The zero-order valence-corrected chi connectivity index (χ0v) is 30.0. The van der Waals surface area contributed by atoms with Gasteiger partial charge in [0.2, 0.25) is 11.8 Å². The number of unbranched alkanes of at least 4 members (excludes halogenated alkanes) is 2. The molecule has 0 aliphatic heterocycles. The van der Waals surface area contributed by atoms with Gasteiger partial charge in [-0.2, -0.15) is 0 Å². The molecule has 0 aliphatic carbocycles. The van der Waals surface area contributed by atoms with Crippen LogP contribution in [0.5, 0.6) is 11.5 Å². The van der Waals surface area contributed by atoms with Crippen LogP contribution in [0.25, 0.3) is 0 Å². The molecule has 0 heterocycles. The Labute approximate surface area is 284 Å². The number of alkyl halides is 4. The van der Waals surface area contributed by atoms with E-state index in [1.54, 1.807) is 0 Å². The third-order valence-electron chi connectivity index (χ3n) is 7.52. The van der Waals surface area contributed by atoms with Crippen LogP contribution in [-0.2, 0) is 22.4 Å². The van der Waals surface area contributed by atoms with Crippen molar-refractivity contribution < 1.29 is 19.1 Å². The van der Waals surface area contributed by atoms with Gasteiger partial charge in [0.05, 0.1) is 13.2 Å². The third-order valence-corrected chi connectivity index (χ3v) is 9.39. The van der Waals surface area contributed by atoms with E-state index in [-0.39, 0.29) is 35.7 Å². The van der Waals surface area contributed by atoms with E-state index in [0.29, 0.717) is 38.9 Å². The van der Waals surface area contributed by atoms with Crippen molar-refractivity contribution in [3.8, 4) is 11.5 Å². The van der Waals surface area contributed by atoms with Crippen LogP contribution in [0.15, 0.2) is 48.5 Å². The van der Waals surface area contributed by atoms with Crippen LogP contribution < -0.4 is 20.1 Å². The number of carbonyl (C=O) groups is 2. The van der Waals surface area contributed by atoms with E-state index in [9.17, 15) is 9.59 Å². The highest BCUT2D eigenvalue weighted by molar-refractivity contribution is 9.09. The van der Waals surface area contributed by atoms with Crippen molar-refractivity contribution in [3.63, 3.8) is 0 Å². The van der Waals surface area contributed by atoms with E-state index < -0.39 is 5.41 Å². The molecular weight excluding hydrogens is 719 g/mol. The van der Waals surface area contributed by atoms with Gasteiger partial charge in [-0.25, -0.2) is 0 Å². The van der Waals surface area contributed by atoms with Gasteiger partial charge < -0.3 is 20.1 Å². The van der Waals surface area contributed by atoms with Crippen LogP contribution in [-0.4, -0.2) is 59.5 Å². The predicted octanol–water partition coefficient (Wildman–Crippen LogP) is 7.83. The van der Waals surface area contributed by atoms with Gasteiger partial charge in [0.25, 0.3) is 0 Å². The van der Waals surface area contributed by atoms with Crippen molar-refractivity contribution in [2.24, 2.45) is 5.41 Å². The summed E-state index contributed by atoms with van der Waals surface area (Å²) in [5, 5.41) is 8.05. The molecule has 43 heavy (non-hydrogen) atoms. The zero-order valence-electron chi connectivity index (χ0n) is 25.3. The second-order valence-corrected chi connectivity index (χ2v) is 12.8. The standard InChI is InChI=1S/C33H46Br2Cl2N2O4/c1-3-33(4-2,31(40)38-27(23-36)21-25-9-13-29(14-10-25)42-19-7-5-17-34)32(41)39-28(24-37)22-26-11-15-30(16-12-26)43-20-8-6-18-35/h9-16,27-28H,3-8,17-24H2,1-2H3,(H,38,40)(H,39,41)/t27-,28-/m0/s1. The Morgan fingerprint density at radius 1 is 0.698 bits per heavy atom. The Bertz CT molecular complexity index is 988. The summed E-state index contributed by atoms with van der Waals surface area (Å²) >= 11 is 19.4. The fraction of sp³-hybridized carbons (Fsp3) is 0.576. The molecular formula is C33H46Br2Cl2N2O4. The molecule has 2 amide bonds. The van der Waals surface area contributed by atoms with Crippen molar-refractivity contribution in [2.45, 2.75) is 77.3 Å². The maximum atomic E-state index is 13.6. The van der Waals surface area contributed by atoms with Gasteiger partial charge in [-0.1, -0.05) is 70.0 Å². The van der Waals surface area contributed by atoms with Gasteiger partial charge in [0.1, 0.15) is 16.9 Å². The summed E-state index contributed by atoms with van der Waals surface area (Å²) in [7, 11) is 0. The van der Waals surface area contributed by atoms with Crippen molar-refractivity contribution >= 4 is 66.9 Å². The summed E-state index contributed by atoms with van der Waals surface area (Å²) in [6, 6.07) is 15.0. The Morgan fingerprint density at radius 2 is 1.07 bits per heavy atom. The summed E-state index contributed by atoms with van der Waals surface area (Å²) in [6.07, 6.45) is 5.92. The number of ether oxygens (including phenoxy) is 2. The lowest BCUT2D eigenvalue weighted by molar-refractivity contribution is -0.145. The average Bonchev–Trinajstić information content (AvgIpc) is 3.03. The number of hydrogen-bond donors (Lipinski definition) is 2. The molecule has 0 saturated heterocycles. The first-order chi connectivity index (χ1) is 20.8. The Morgan fingerprint density at radius 3 is 1.37 bits per heavy atom. The number of benzene rings is 2. The lowest BCUT2D eigenvalue weighted by Gasteiger charge is -2.32. The highest BCUT2D eigenvalue weighted by Gasteiger charge is 2.43. The first-order valence-corrected chi connectivity index (χ1v) is 18.5. The molecule has 0 aromatic heterocycles. The molecule has 0 saturated carbocycles. The molecule has 0 spiro atoms. The largest absolute Gasteiger partial charge is 0.494 e. The van der Waals surface area contributed by atoms with Crippen molar-refractivity contribution in [1.29, 1.82) is 0 Å². The second-order valence-electron chi connectivity index (χ2n) is 10.6. The van der Waals surface area contributed by atoms with Crippen LogP contribution in [0.2, 0.25) is 0 Å². The molecule has 0 radical (unpaired) electrons. The minimum absolute atomic E-state index is 0.224. The van der Waals surface area contributed by atoms with Crippen LogP contribution in [0.1, 0.15) is 63.5 Å². The quantitative estimate of drug-likeness (QED) is 0.0729. The number of nitrogens with one attached hydrogen (secondary N) is 2. The van der Waals surface area contributed by atoms with E-state index in [0.717, 1.165) is 59.0 Å². The fourth-order valence-electron chi connectivity index (χ4n) is 4.72. The molecule has 2 aromatic carbocycles. The van der Waals surface area contributed by atoms with Gasteiger partial charge in [0.15, 0.2) is 0 Å². The summed E-state index contributed by atoms with van der Waals surface area (Å²) in [4.78, 5) is 27.3. The van der Waals surface area contributed by atoms with Crippen LogP contribution in [0.3, 0.4) is 0 Å². The van der Waals surface area contributed by atoms with Crippen molar-refractivity contribution in [3.05, 3.63) is 59.7 Å². The topological polar surface area (TPSA) is 76.7 Å². The average molecular weight is 765 g/mol. The first-order valence-electron chi connectivity index (χ1n) is 15.1. The number of hydrogen-bond acceptors (Lipinski definition) is 4. The lowest BCUT2D eigenvalue weighted by Crippen LogP contribution is -2.56. The maximum absolute atomic E-state index is 13.6. The fourth-order valence-corrected chi connectivity index (χ4v) is 5.88. The molecule has 10 heteroatoms. The monoisotopic (exact) mass is 762 g/mol. The van der Waals surface area contributed by atoms with E-state index in [1.165, 1.54) is 0 Å². The minimum Gasteiger partial charge on any atom is -0.494 e. The number of rotatable bonds is 22. The van der Waals surface area contributed by atoms with Crippen LogP contribution in [0.4, 0.5) is 0 Å². The molecule has 0 unspecified atom stereocenters. The summed E-state index contributed by atoms with van der Waals surface area (Å²) in [5.74, 6) is 1.45. The van der Waals surface area contributed by atoms with E-state index in [4.69, 9.17) is 32.7 Å². The highest BCUT2D eigenvalue weighted by atomic mass is 79.9. The molecule has 6 nitrogen and oxygen atoms in total. The maximum Gasteiger partial charge on any atom is 0.235 e. The van der Waals surface area contributed by atoms with Gasteiger partial charge in [-0.3, -0.25) is 9.59 Å². The molecule has 2 rings (SSSR count). The normalized spacial score (nSPS) is 12.8. The number of carbonyl (C=O) groups excluding carboxylic acids is 2. The summed E-state index contributed by atoms with van der Waals surface area (Å²) in [6.45, 7) is 5.07. The molecule has 0 aliphatic rings. The Hall–Kier alpha value is -1.48. The van der Waals surface area contributed by atoms with Gasteiger partial charge >= 0.3 is 0 Å². The molecule has 2 aromatic rings. The number of amides is 2. The molecule has 0 fully saturated rings. The molecule has 2 N–H and O–H groups in total. The van der Waals surface area contributed by atoms with Gasteiger partial charge in [0, 0.05) is 34.5 Å². The Balaban J connectivity index is 1.98. The van der Waals surface area contributed by atoms with Crippen molar-refractivity contribution in [1.82, 2.24) is 10.6 Å². The van der Waals surface area contributed by atoms with Gasteiger partial charge in [-0.15, -0.1) is 23.2 Å². The van der Waals surface area contributed by atoms with Crippen molar-refractivity contribution in [2.75, 3.05) is 35.6 Å². The predicted molar refractivity (Wildman–Crippen MR) is 186 cm³/mol. The molecule has 0 bridgehead atoms. The second kappa shape index (κ2) is 21.3. The first kappa shape index (κ1) is 37.7. The summed E-state index contributed by atoms with van der Waals surface area (Å²) in [5.41, 5.74) is 0.826. The van der Waals surface area contributed by atoms with Crippen LogP contribution in [0, 0.1) is 5.41 Å². The smallest absolute Gasteiger partial charge is 0.235 e. The van der Waals surface area contributed by atoms with E-state index >= 15 is 0 Å². The third kappa shape index (κ3) is 12.8. The highest BCUT2D eigenvalue weighted by Crippen LogP contribution is 2.28. The van der Waals surface area contributed by atoms with Gasteiger partial charge in [-0.05, 0) is 86.8 Å².